The highest BCUT2D eigenvalue weighted by Gasteiger charge is 2.14. The van der Waals surface area contributed by atoms with Gasteiger partial charge in [0.25, 0.3) is 0 Å². The van der Waals surface area contributed by atoms with Crippen molar-refractivity contribution in [2.24, 2.45) is 12.0 Å². The molecule has 0 aliphatic carbocycles. The summed E-state index contributed by atoms with van der Waals surface area (Å²) in [5, 5.41) is 7.95. The molecule has 1 N–H and O–H groups in total. The molecule has 0 amide bonds. The van der Waals surface area contributed by atoms with Crippen LogP contribution in [0.15, 0.2) is 11.2 Å². The van der Waals surface area contributed by atoms with Gasteiger partial charge >= 0.3 is 0 Å². The van der Waals surface area contributed by atoms with Gasteiger partial charge in [-0.1, -0.05) is 27.2 Å². The lowest BCUT2D eigenvalue weighted by Crippen LogP contribution is -2.39. The van der Waals surface area contributed by atoms with Gasteiger partial charge in [-0.25, -0.2) is 0 Å². The number of nitrogens with one attached hydrogen (secondary N) is 1. The minimum atomic E-state index is 0. The summed E-state index contributed by atoms with van der Waals surface area (Å²) < 4.78 is 1.89. The van der Waals surface area contributed by atoms with Gasteiger partial charge in [-0.15, -0.1) is 24.0 Å². The fourth-order valence-electron chi connectivity index (χ4n) is 2.25. The first-order valence-corrected chi connectivity index (χ1v) is 7.43. The molecular formula is C15H30IN5. The first-order valence-electron chi connectivity index (χ1n) is 7.43. The third-order valence-corrected chi connectivity index (χ3v) is 3.28. The van der Waals surface area contributed by atoms with E-state index in [0.29, 0.717) is 5.92 Å². The van der Waals surface area contributed by atoms with E-state index in [0.717, 1.165) is 25.5 Å². The third kappa shape index (κ3) is 6.23. The van der Waals surface area contributed by atoms with Crippen molar-refractivity contribution in [3.05, 3.63) is 17.5 Å². The van der Waals surface area contributed by atoms with E-state index in [9.17, 15) is 0 Å². The average molecular weight is 407 g/mol. The van der Waals surface area contributed by atoms with Crippen molar-refractivity contribution >= 4 is 29.9 Å². The SMILES string of the molecule is CCCCNC(=NC)N(C)Cc1cn(C)nc1C(C)C.I. The van der Waals surface area contributed by atoms with Crippen LogP contribution < -0.4 is 5.32 Å². The normalized spacial score (nSPS) is 11.5. The van der Waals surface area contributed by atoms with Crippen LogP contribution in [0.5, 0.6) is 0 Å². The van der Waals surface area contributed by atoms with Gasteiger partial charge in [0, 0.05) is 46.0 Å². The Bertz CT molecular complexity index is 439. The second-order valence-electron chi connectivity index (χ2n) is 5.55. The van der Waals surface area contributed by atoms with Crippen molar-refractivity contribution in [2.75, 3.05) is 20.6 Å². The Labute approximate surface area is 146 Å². The van der Waals surface area contributed by atoms with Crippen LogP contribution in [0.1, 0.15) is 50.8 Å². The van der Waals surface area contributed by atoms with Gasteiger partial charge in [0.15, 0.2) is 5.96 Å². The van der Waals surface area contributed by atoms with Crippen molar-refractivity contribution in [3.8, 4) is 0 Å². The van der Waals surface area contributed by atoms with Crippen molar-refractivity contribution in [2.45, 2.75) is 46.1 Å². The highest BCUT2D eigenvalue weighted by atomic mass is 127. The van der Waals surface area contributed by atoms with Crippen molar-refractivity contribution in [1.29, 1.82) is 0 Å². The molecule has 6 heteroatoms. The van der Waals surface area contributed by atoms with Crippen LogP contribution in [-0.4, -0.2) is 41.3 Å². The first kappa shape index (κ1) is 20.2. The van der Waals surface area contributed by atoms with Gasteiger partial charge in [0.2, 0.25) is 0 Å². The number of hydrogen-bond acceptors (Lipinski definition) is 2. The zero-order chi connectivity index (χ0) is 15.1. The highest BCUT2D eigenvalue weighted by Crippen LogP contribution is 2.18. The Morgan fingerprint density at radius 1 is 1.48 bits per heavy atom. The molecule has 0 atom stereocenters. The summed E-state index contributed by atoms with van der Waals surface area (Å²) in [4.78, 5) is 6.49. The zero-order valence-electron chi connectivity index (χ0n) is 14.2. The lowest BCUT2D eigenvalue weighted by Gasteiger charge is -2.22. The molecular weight excluding hydrogens is 377 g/mol. The maximum Gasteiger partial charge on any atom is 0.193 e. The first-order chi connectivity index (χ1) is 9.49. The van der Waals surface area contributed by atoms with Gasteiger partial charge in [0.05, 0.1) is 5.69 Å². The van der Waals surface area contributed by atoms with Crippen molar-refractivity contribution in [1.82, 2.24) is 20.0 Å². The molecule has 0 aliphatic rings. The summed E-state index contributed by atoms with van der Waals surface area (Å²) in [5.74, 6) is 1.38. The molecule has 5 nitrogen and oxygen atoms in total. The molecule has 0 fully saturated rings. The molecule has 21 heavy (non-hydrogen) atoms. The fraction of sp³-hybridized carbons (Fsp3) is 0.733. The molecule has 0 saturated carbocycles. The number of guanidine groups is 1. The quantitative estimate of drug-likeness (QED) is 0.341. The van der Waals surface area contributed by atoms with Gasteiger partial charge in [0.1, 0.15) is 0 Å². The number of unbranched alkanes of at least 4 members (excludes halogenated alkanes) is 1. The Hall–Kier alpha value is -0.790. The molecule has 1 aromatic heterocycles. The second-order valence-corrected chi connectivity index (χ2v) is 5.55. The molecule has 1 rings (SSSR count). The Balaban J connectivity index is 0.00000400. The molecule has 122 valence electrons. The van der Waals surface area contributed by atoms with Crippen LogP contribution in [0.25, 0.3) is 0 Å². The Morgan fingerprint density at radius 3 is 2.67 bits per heavy atom. The molecule has 1 aromatic rings. The van der Waals surface area contributed by atoms with E-state index < -0.39 is 0 Å². The average Bonchev–Trinajstić information content (AvgIpc) is 2.75. The zero-order valence-corrected chi connectivity index (χ0v) is 16.5. The molecule has 0 unspecified atom stereocenters. The van der Waals surface area contributed by atoms with E-state index in [2.05, 4.69) is 54.3 Å². The van der Waals surface area contributed by atoms with Crippen molar-refractivity contribution in [3.63, 3.8) is 0 Å². The van der Waals surface area contributed by atoms with Crippen LogP contribution >= 0.6 is 24.0 Å². The largest absolute Gasteiger partial charge is 0.356 e. The summed E-state index contributed by atoms with van der Waals surface area (Å²) in [6.45, 7) is 8.35. The van der Waals surface area contributed by atoms with E-state index in [1.165, 1.54) is 17.7 Å². The van der Waals surface area contributed by atoms with E-state index >= 15 is 0 Å². The van der Waals surface area contributed by atoms with E-state index in [1.807, 2.05) is 18.8 Å². The van der Waals surface area contributed by atoms with Gasteiger partial charge in [-0.05, 0) is 12.3 Å². The van der Waals surface area contributed by atoms with Crippen LogP contribution in [-0.2, 0) is 13.6 Å². The molecule has 0 aromatic carbocycles. The van der Waals surface area contributed by atoms with Gasteiger partial charge in [-0.2, -0.15) is 5.10 Å². The maximum atomic E-state index is 4.55. The standard InChI is InChI=1S/C15H29N5.HI/c1-7-8-9-17-15(16-4)19(5)10-13-11-20(6)18-14(13)12(2)3;/h11-12H,7-10H2,1-6H3,(H,16,17);1H. The number of rotatable bonds is 6. The van der Waals surface area contributed by atoms with Crippen molar-refractivity contribution < 1.29 is 0 Å². The predicted molar refractivity (Wildman–Crippen MR) is 100 cm³/mol. The third-order valence-electron chi connectivity index (χ3n) is 3.28. The lowest BCUT2D eigenvalue weighted by molar-refractivity contribution is 0.472. The minimum absolute atomic E-state index is 0. The van der Waals surface area contributed by atoms with E-state index in [1.54, 1.807) is 0 Å². The number of aliphatic imine (C=N–C) groups is 1. The molecule has 0 aliphatic heterocycles. The molecule has 1 heterocycles. The Morgan fingerprint density at radius 2 is 2.14 bits per heavy atom. The van der Waals surface area contributed by atoms with Crippen LogP contribution in [0.2, 0.25) is 0 Å². The summed E-state index contributed by atoms with van der Waals surface area (Å²) in [7, 11) is 5.87. The molecule has 0 radical (unpaired) electrons. The van der Waals surface area contributed by atoms with Gasteiger partial charge in [-0.3, -0.25) is 9.67 Å². The second kappa shape index (κ2) is 10.0. The molecule has 0 bridgehead atoms. The van der Waals surface area contributed by atoms with Crippen LogP contribution in [0.3, 0.4) is 0 Å². The van der Waals surface area contributed by atoms with Crippen LogP contribution in [0.4, 0.5) is 0 Å². The highest BCUT2D eigenvalue weighted by molar-refractivity contribution is 14.0. The minimum Gasteiger partial charge on any atom is -0.356 e. The monoisotopic (exact) mass is 407 g/mol. The maximum absolute atomic E-state index is 4.55. The van der Waals surface area contributed by atoms with Crippen LogP contribution in [0, 0.1) is 0 Å². The summed E-state index contributed by atoms with van der Waals surface area (Å²) >= 11 is 0. The topological polar surface area (TPSA) is 45.5 Å². The Kier molecular flexibility index (Phi) is 9.65. The smallest absolute Gasteiger partial charge is 0.193 e. The number of nitrogens with zero attached hydrogens (tertiary/aromatic N) is 4. The summed E-state index contributed by atoms with van der Waals surface area (Å²) in [5.41, 5.74) is 2.44. The number of halogens is 1. The van der Waals surface area contributed by atoms with E-state index in [4.69, 9.17) is 0 Å². The van der Waals surface area contributed by atoms with E-state index in [-0.39, 0.29) is 24.0 Å². The summed E-state index contributed by atoms with van der Waals surface area (Å²) in [6, 6.07) is 0. The number of aromatic nitrogens is 2. The lowest BCUT2D eigenvalue weighted by atomic mass is 10.1. The van der Waals surface area contributed by atoms with Gasteiger partial charge < -0.3 is 10.2 Å². The molecule has 0 spiro atoms. The predicted octanol–water partition coefficient (Wildman–Crippen LogP) is 2.97. The fourth-order valence-corrected chi connectivity index (χ4v) is 2.25. The number of aryl methyl sites for hydroxylation is 1. The molecule has 0 saturated heterocycles. The number of hydrogen-bond donors (Lipinski definition) is 1. The summed E-state index contributed by atoms with van der Waals surface area (Å²) in [6.07, 6.45) is 4.45.